The van der Waals surface area contributed by atoms with Crippen LogP contribution in [0.25, 0.3) is 0 Å². The number of hydrogen-bond donors (Lipinski definition) is 0. The first-order valence-corrected chi connectivity index (χ1v) is 14.2. The van der Waals surface area contributed by atoms with E-state index in [0.29, 0.717) is 17.6 Å². The summed E-state index contributed by atoms with van der Waals surface area (Å²) < 4.78 is 0. The molecule has 0 aliphatic heterocycles. The molecule has 1 nitrogen and oxygen atoms in total. The van der Waals surface area contributed by atoms with Gasteiger partial charge < -0.3 is 0 Å². The van der Waals surface area contributed by atoms with Crippen LogP contribution in [0.3, 0.4) is 0 Å². The van der Waals surface area contributed by atoms with E-state index in [1.54, 1.807) is 0 Å². The van der Waals surface area contributed by atoms with E-state index in [2.05, 4.69) is 27.7 Å². The van der Waals surface area contributed by atoms with Crippen LogP contribution in [0.2, 0.25) is 0 Å². The topological polar surface area (TPSA) is 17.1 Å². The zero-order chi connectivity index (χ0) is 22.3. The summed E-state index contributed by atoms with van der Waals surface area (Å²) in [5, 5.41) is 0. The molecule has 0 N–H and O–H groups in total. The molecule has 0 aromatic heterocycles. The summed E-state index contributed by atoms with van der Waals surface area (Å²) in [6, 6.07) is 0. The van der Waals surface area contributed by atoms with Crippen molar-refractivity contribution in [3.05, 3.63) is 0 Å². The van der Waals surface area contributed by atoms with Gasteiger partial charge in [-0.05, 0) is 25.7 Å². The first kappa shape index (κ1) is 29.7. The molecule has 0 fully saturated rings. The second-order valence-electron chi connectivity index (χ2n) is 9.90. The Labute approximate surface area is 191 Å². The van der Waals surface area contributed by atoms with Gasteiger partial charge in [-0.1, -0.05) is 143 Å². The van der Waals surface area contributed by atoms with Gasteiger partial charge in [-0.25, -0.2) is 0 Å². The van der Waals surface area contributed by atoms with E-state index in [9.17, 15) is 4.79 Å². The fourth-order valence-electron chi connectivity index (χ4n) is 4.81. The van der Waals surface area contributed by atoms with Crippen molar-refractivity contribution in [3.63, 3.8) is 0 Å². The van der Waals surface area contributed by atoms with E-state index in [1.165, 1.54) is 116 Å². The summed E-state index contributed by atoms with van der Waals surface area (Å²) in [4.78, 5) is 13.6. The molecule has 2 atom stereocenters. The van der Waals surface area contributed by atoms with Crippen LogP contribution in [0.5, 0.6) is 0 Å². The molecular weight excluding hydrogens is 364 g/mol. The lowest BCUT2D eigenvalue weighted by Gasteiger charge is -2.23. The molecular formula is C29H58O. The summed E-state index contributed by atoms with van der Waals surface area (Å²) in [6.45, 7) is 9.11. The molecule has 0 aliphatic carbocycles. The van der Waals surface area contributed by atoms with Crippen molar-refractivity contribution in [1.82, 2.24) is 0 Å². The number of rotatable bonds is 24. The third kappa shape index (κ3) is 17.4. The molecule has 0 bridgehead atoms. The first-order valence-electron chi connectivity index (χ1n) is 14.2. The highest BCUT2D eigenvalue weighted by atomic mass is 16.1. The van der Waals surface area contributed by atoms with Crippen LogP contribution in [0.1, 0.15) is 169 Å². The van der Waals surface area contributed by atoms with Crippen LogP contribution >= 0.6 is 0 Å². The Bertz CT molecular complexity index is 316. The fraction of sp³-hybridized carbons (Fsp3) is 0.966. The Morgan fingerprint density at radius 1 is 0.400 bits per heavy atom. The van der Waals surface area contributed by atoms with Gasteiger partial charge in [0.05, 0.1) is 0 Å². The van der Waals surface area contributed by atoms with Gasteiger partial charge in [0.1, 0.15) is 5.78 Å². The Kier molecular flexibility index (Phi) is 23.1. The van der Waals surface area contributed by atoms with E-state index in [0.717, 1.165) is 25.7 Å². The molecule has 0 heterocycles. The van der Waals surface area contributed by atoms with Gasteiger partial charge in [0.15, 0.2) is 0 Å². The van der Waals surface area contributed by atoms with E-state index in [-0.39, 0.29) is 0 Å². The van der Waals surface area contributed by atoms with Gasteiger partial charge in [0.25, 0.3) is 0 Å². The minimum absolute atomic E-state index is 0.356. The summed E-state index contributed by atoms with van der Waals surface area (Å²) in [5.41, 5.74) is 0. The maximum absolute atomic E-state index is 13.6. The number of unbranched alkanes of at least 4 members (excludes halogenated alkanes) is 14. The SMILES string of the molecule is CCCCCCCCC(CCCCC)C(=O)C(CCCCC)CCCCCCCC. The Morgan fingerprint density at radius 2 is 0.633 bits per heavy atom. The van der Waals surface area contributed by atoms with Crippen LogP contribution in [-0.2, 0) is 4.79 Å². The number of Topliss-reactive ketones (excluding diaryl/α,β-unsaturated/α-hetero) is 1. The second-order valence-corrected chi connectivity index (χ2v) is 9.90. The molecule has 0 amide bonds. The van der Waals surface area contributed by atoms with E-state index in [1.807, 2.05) is 0 Å². The van der Waals surface area contributed by atoms with E-state index < -0.39 is 0 Å². The van der Waals surface area contributed by atoms with Crippen molar-refractivity contribution in [2.75, 3.05) is 0 Å². The molecule has 0 spiro atoms. The average molecular weight is 423 g/mol. The largest absolute Gasteiger partial charge is 0.299 e. The zero-order valence-corrected chi connectivity index (χ0v) is 21.6. The summed E-state index contributed by atoms with van der Waals surface area (Å²) >= 11 is 0. The van der Waals surface area contributed by atoms with Crippen molar-refractivity contribution < 1.29 is 4.79 Å². The number of carbonyl (C=O) groups is 1. The summed E-state index contributed by atoms with van der Waals surface area (Å²) in [5.74, 6) is 1.37. The predicted molar refractivity (Wildman–Crippen MR) is 136 cm³/mol. The molecule has 180 valence electrons. The summed E-state index contributed by atoms with van der Waals surface area (Å²) in [6.07, 6.45) is 28.3. The molecule has 2 unspecified atom stereocenters. The molecule has 0 rings (SSSR count). The lowest BCUT2D eigenvalue weighted by atomic mass is 9.80. The third-order valence-electron chi connectivity index (χ3n) is 6.93. The van der Waals surface area contributed by atoms with Crippen LogP contribution in [0.15, 0.2) is 0 Å². The standard InChI is InChI=1S/C29H58O/c1-5-9-13-15-17-21-25-27(23-19-11-7-3)29(30)28(24-20-12-8-4)26-22-18-16-14-10-6-2/h27-28H,5-26H2,1-4H3. The minimum Gasteiger partial charge on any atom is -0.299 e. The highest BCUT2D eigenvalue weighted by molar-refractivity contribution is 5.83. The molecule has 1 heteroatoms. The smallest absolute Gasteiger partial charge is 0.139 e. The lowest BCUT2D eigenvalue weighted by Crippen LogP contribution is -2.24. The van der Waals surface area contributed by atoms with Crippen molar-refractivity contribution in [2.24, 2.45) is 11.8 Å². The van der Waals surface area contributed by atoms with Gasteiger partial charge in [-0.2, -0.15) is 0 Å². The highest BCUT2D eigenvalue weighted by Gasteiger charge is 2.25. The minimum atomic E-state index is 0.356. The highest BCUT2D eigenvalue weighted by Crippen LogP contribution is 2.28. The van der Waals surface area contributed by atoms with E-state index in [4.69, 9.17) is 0 Å². The van der Waals surface area contributed by atoms with Crippen molar-refractivity contribution in [2.45, 2.75) is 169 Å². The second kappa shape index (κ2) is 23.3. The molecule has 30 heavy (non-hydrogen) atoms. The Balaban J connectivity index is 4.63. The third-order valence-corrected chi connectivity index (χ3v) is 6.93. The summed E-state index contributed by atoms with van der Waals surface area (Å²) in [7, 11) is 0. The molecule has 0 saturated carbocycles. The van der Waals surface area contributed by atoms with Crippen molar-refractivity contribution in [1.29, 1.82) is 0 Å². The van der Waals surface area contributed by atoms with Crippen molar-refractivity contribution >= 4 is 5.78 Å². The predicted octanol–water partition coefficient (Wildman–Crippen LogP) is 10.4. The zero-order valence-electron chi connectivity index (χ0n) is 21.6. The lowest BCUT2D eigenvalue weighted by molar-refractivity contribution is -0.128. The maximum atomic E-state index is 13.6. The fourth-order valence-corrected chi connectivity index (χ4v) is 4.81. The van der Waals surface area contributed by atoms with E-state index >= 15 is 0 Å². The Hall–Kier alpha value is -0.330. The molecule has 0 saturated heterocycles. The quantitative estimate of drug-likeness (QED) is 0.141. The normalized spacial score (nSPS) is 13.5. The number of ketones is 1. The van der Waals surface area contributed by atoms with Crippen LogP contribution < -0.4 is 0 Å². The van der Waals surface area contributed by atoms with Gasteiger partial charge in [0, 0.05) is 11.8 Å². The number of hydrogen-bond acceptors (Lipinski definition) is 1. The first-order chi connectivity index (χ1) is 14.7. The van der Waals surface area contributed by atoms with Crippen LogP contribution in [0.4, 0.5) is 0 Å². The maximum Gasteiger partial charge on any atom is 0.139 e. The van der Waals surface area contributed by atoms with Crippen LogP contribution in [0, 0.1) is 11.8 Å². The molecule has 0 aromatic rings. The molecule has 0 aromatic carbocycles. The Morgan fingerprint density at radius 3 is 0.967 bits per heavy atom. The monoisotopic (exact) mass is 422 g/mol. The molecule has 0 radical (unpaired) electrons. The van der Waals surface area contributed by atoms with Gasteiger partial charge in [-0.3, -0.25) is 4.79 Å². The van der Waals surface area contributed by atoms with Crippen molar-refractivity contribution in [3.8, 4) is 0 Å². The number of carbonyl (C=O) groups excluding carboxylic acids is 1. The van der Waals surface area contributed by atoms with Gasteiger partial charge >= 0.3 is 0 Å². The van der Waals surface area contributed by atoms with Gasteiger partial charge in [0.2, 0.25) is 0 Å². The average Bonchev–Trinajstić information content (AvgIpc) is 2.75. The van der Waals surface area contributed by atoms with Crippen LogP contribution in [-0.4, -0.2) is 5.78 Å². The van der Waals surface area contributed by atoms with Gasteiger partial charge in [-0.15, -0.1) is 0 Å². The molecule has 0 aliphatic rings.